The lowest BCUT2D eigenvalue weighted by molar-refractivity contribution is 0.174. The van der Waals surface area contributed by atoms with Gasteiger partial charge in [0.2, 0.25) is 6.79 Å². The molecule has 0 unspecified atom stereocenters. The fraction of sp³-hybridized carbons (Fsp3) is 0.200. The van der Waals surface area contributed by atoms with E-state index >= 15 is 0 Å². The number of carbonyl (C=O) groups is 1. The smallest absolute Gasteiger partial charge is 0.319 e. The maximum Gasteiger partial charge on any atom is 0.319 e. The molecule has 0 aliphatic carbocycles. The van der Waals surface area contributed by atoms with Gasteiger partial charge in [0.1, 0.15) is 0 Å². The summed E-state index contributed by atoms with van der Waals surface area (Å²) in [5.74, 6) is 1.43. The molecule has 0 saturated carbocycles. The molecule has 2 N–H and O–H groups in total. The van der Waals surface area contributed by atoms with Gasteiger partial charge in [0, 0.05) is 18.1 Å². The Hall–Kier alpha value is -2.76. The predicted octanol–water partition coefficient (Wildman–Crippen LogP) is 2.69. The maximum atomic E-state index is 11.9. The number of anilines is 1. The largest absolute Gasteiger partial charge is 0.454 e. The Labute approximate surface area is 122 Å². The van der Waals surface area contributed by atoms with E-state index in [0.717, 1.165) is 11.3 Å². The molecule has 21 heavy (non-hydrogen) atoms. The van der Waals surface area contributed by atoms with E-state index in [1.165, 1.54) is 0 Å². The molecule has 1 aromatic carbocycles. The average Bonchev–Trinajstić information content (AvgIpc) is 2.95. The van der Waals surface area contributed by atoms with Gasteiger partial charge in [-0.1, -0.05) is 6.07 Å². The molecule has 0 bridgehead atoms. The van der Waals surface area contributed by atoms with Gasteiger partial charge >= 0.3 is 6.03 Å². The number of nitrogens with one attached hydrogen (secondary N) is 2. The van der Waals surface area contributed by atoms with Crippen molar-refractivity contribution in [3.05, 3.63) is 48.3 Å². The first-order valence-corrected chi connectivity index (χ1v) is 6.59. The normalized spacial score (nSPS) is 13.6. The summed E-state index contributed by atoms with van der Waals surface area (Å²) in [6.07, 6.45) is 3.24. The second-order valence-electron chi connectivity index (χ2n) is 4.67. The monoisotopic (exact) mass is 285 g/mol. The van der Waals surface area contributed by atoms with E-state index in [0.29, 0.717) is 11.4 Å². The van der Waals surface area contributed by atoms with E-state index in [2.05, 4.69) is 15.6 Å². The summed E-state index contributed by atoms with van der Waals surface area (Å²) in [5, 5.41) is 5.62. The number of fused-ring (bicyclic) bond motifs is 1. The molecule has 1 aliphatic heterocycles. The molecule has 0 spiro atoms. The lowest BCUT2D eigenvalue weighted by Gasteiger charge is -2.15. The van der Waals surface area contributed by atoms with Crippen molar-refractivity contribution in [2.45, 2.75) is 13.0 Å². The van der Waals surface area contributed by atoms with Crippen LogP contribution in [-0.2, 0) is 0 Å². The summed E-state index contributed by atoms with van der Waals surface area (Å²) in [6.45, 7) is 2.15. The topological polar surface area (TPSA) is 72.5 Å². The summed E-state index contributed by atoms with van der Waals surface area (Å²) in [4.78, 5) is 15.8. The number of hydrogen-bond acceptors (Lipinski definition) is 4. The van der Waals surface area contributed by atoms with E-state index in [-0.39, 0.29) is 18.9 Å². The Balaban J connectivity index is 1.63. The summed E-state index contributed by atoms with van der Waals surface area (Å²) < 4.78 is 10.6. The van der Waals surface area contributed by atoms with Crippen LogP contribution in [-0.4, -0.2) is 17.8 Å². The zero-order valence-electron chi connectivity index (χ0n) is 11.5. The van der Waals surface area contributed by atoms with E-state index in [9.17, 15) is 4.79 Å². The van der Waals surface area contributed by atoms with Crippen molar-refractivity contribution in [3.8, 4) is 11.5 Å². The first kappa shape index (κ1) is 13.2. The minimum absolute atomic E-state index is 0.152. The minimum Gasteiger partial charge on any atom is -0.454 e. The molecular weight excluding hydrogens is 270 g/mol. The minimum atomic E-state index is -0.272. The summed E-state index contributed by atoms with van der Waals surface area (Å²) in [7, 11) is 0. The number of urea groups is 1. The highest BCUT2D eigenvalue weighted by atomic mass is 16.7. The highest BCUT2D eigenvalue weighted by Crippen LogP contribution is 2.34. The van der Waals surface area contributed by atoms with Gasteiger partial charge in [-0.2, -0.15) is 0 Å². The van der Waals surface area contributed by atoms with Crippen molar-refractivity contribution in [2.75, 3.05) is 12.1 Å². The molecule has 2 aromatic rings. The van der Waals surface area contributed by atoms with Gasteiger partial charge < -0.3 is 20.1 Å². The van der Waals surface area contributed by atoms with Crippen LogP contribution in [0.15, 0.2) is 42.7 Å². The van der Waals surface area contributed by atoms with Crippen LogP contribution in [0.2, 0.25) is 0 Å². The van der Waals surface area contributed by atoms with Gasteiger partial charge in [-0.05, 0) is 36.8 Å². The summed E-state index contributed by atoms with van der Waals surface area (Å²) >= 11 is 0. The number of nitrogens with zero attached hydrogens (tertiary/aromatic N) is 1. The van der Waals surface area contributed by atoms with Crippen LogP contribution in [0, 0.1) is 0 Å². The Bertz CT molecular complexity index is 646. The average molecular weight is 285 g/mol. The molecule has 1 aliphatic rings. The third-order valence-electron chi connectivity index (χ3n) is 3.18. The van der Waals surface area contributed by atoms with Gasteiger partial charge in [0.25, 0.3) is 0 Å². The zero-order chi connectivity index (χ0) is 14.7. The van der Waals surface area contributed by atoms with Crippen LogP contribution in [0.4, 0.5) is 10.5 Å². The number of carbonyl (C=O) groups excluding carboxylic acids is 1. The molecule has 0 radical (unpaired) electrons. The SMILES string of the molecule is C[C@@H](NC(=O)Nc1ccncc1)c1ccc2c(c1)OCO2. The van der Waals surface area contributed by atoms with E-state index in [1.807, 2.05) is 25.1 Å². The van der Waals surface area contributed by atoms with Gasteiger partial charge in [0.15, 0.2) is 11.5 Å². The quantitative estimate of drug-likeness (QED) is 0.909. The lowest BCUT2D eigenvalue weighted by atomic mass is 10.1. The van der Waals surface area contributed by atoms with Gasteiger partial charge in [0.05, 0.1) is 6.04 Å². The number of aromatic nitrogens is 1. The summed E-state index contributed by atoms with van der Waals surface area (Å²) in [6, 6.07) is 8.66. The maximum absolute atomic E-state index is 11.9. The fourth-order valence-corrected chi connectivity index (χ4v) is 2.06. The van der Waals surface area contributed by atoms with E-state index in [4.69, 9.17) is 9.47 Å². The van der Waals surface area contributed by atoms with E-state index < -0.39 is 0 Å². The highest BCUT2D eigenvalue weighted by molar-refractivity contribution is 5.89. The lowest BCUT2D eigenvalue weighted by Crippen LogP contribution is -2.31. The molecule has 0 saturated heterocycles. The van der Waals surface area contributed by atoms with Crippen molar-refractivity contribution in [1.82, 2.24) is 10.3 Å². The number of hydrogen-bond donors (Lipinski definition) is 2. The van der Waals surface area contributed by atoms with Crippen molar-refractivity contribution in [2.24, 2.45) is 0 Å². The van der Waals surface area contributed by atoms with Crippen molar-refractivity contribution < 1.29 is 14.3 Å². The molecule has 1 aromatic heterocycles. The van der Waals surface area contributed by atoms with Crippen molar-refractivity contribution in [1.29, 1.82) is 0 Å². The van der Waals surface area contributed by atoms with Crippen molar-refractivity contribution >= 4 is 11.7 Å². The number of benzene rings is 1. The summed E-state index contributed by atoms with van der Waals surface area (Å²) in [5.41, 5.74) is 1.64. The molecule has 0 fully saturated rings. The molecule has 2 heterocycles. The first-order chi connectivity index (χ1) is 10.2. The van der Waals surface area contributed by atoms with Crippen LogP contribution in [0.5, 0.6) is 11.5 Å². The Kier molecular flexibility index (Phi) is 3.59. The molecule has 1 atom stereocenters. The van der Waals surface area contributed by atoms with Gasteiger partial charge in [-0.25, -0.2) is 4.79 Å². The second kappa shape index (κ2) is 5.70. The van der Waals surface area contributed by atoms with Crippen LogP contribution in [0.3, 0.4) is 0 Å². The molecule has 6 nitrogen and oxygen atoms in total. The Morgan fingerprint density at radius 3 is 2.76 bits per heavy atom. The second-order valence-corrected chi connectivity index (χ2v) is 4.67. The van der Waals surface area contributed by atoms with Gasteiger partial charge in [-0.3, -0.25) is 4.98 Å². The van der Waals surface area contributed by atoms with E-state index in [1.54, 1.807) is 24.5 Å². The number of rotatable bonds is 3. The molecule has 6 heteroatoms. The molecular formula is C15H15N3O3. The Morgan fingerprint density at radius 1 is 1.19 bits per heavy atom. The van der Waals surface area contributed by atoms with Crippen LogP contribution >= 0.6 is 0 Å². The highest BCUT2D eigenvalue weighted by Gasteiger charge is 2.16. The number of amides is 2. The third-order valence-corrected chi connectivity index (χ3v) is 3.18. The molecule has 2 amide bonds. The molecule has 3 rings (SSSR count). The standard InChI is InChI=1S/C15H15N3O3/c1-10(11-2-3-13-14(8-11)21-9-20-13)17-15(19)18-12-4-6-16-7-5-12/h2-8,10H,9H2,1H3,(H2,16,17,18,19)/t10-/m1/s1. The fourth-order valence-electron chi connectivity index (χ4n) is 2.06. The zero-order valence-corrected chi connectivity index (χ0v) is 11.5. The predicted molar refractivity (Wildman–Crippen MR) is 77.4 cm³/mol. The van der Waals surface area contributed by atoms with Crippen LogP contribution in [0.1, 0.15) is 18.5 Å². The Morgan fingerprint density at radius 2 is 1.95 bits per heavy atom. The number of pyridine rings is 1. The van der Waals surface area contributed by atoms with Crippen molar-refractivity contribution in [3.63, 3.8) is 0 Å². The van der Waals surface area contributed by atoms with Crippen LogP contribution in [0.25, 0.3) is 0 Å². The third kappa shape index (κ3) is 3.05. The molecule has 108 valence electrons. The van der Waals surface area contributed by atoms with Crippen LogP contribution < -0.4 is 20.1 Å². The first-order valence-electron chi connectivity index (χ1n) is 6.59. The van der Waals surface area contributed by atoms with Gasteiger partial charge in [-0.15, -0.1) is 0 Å². The number of ether oxygens (including phenoxy) is 2.